The molecule has 1 aliphatic heterocycles. The lowest BCUT2D eigenvalue weighted by Crippen LogP contribution is -2.41. The van der Waals surface area contributed by atoms with Crippen molar-refractivity contribution in [3.63, 3.8) is 0 Å². The lowest BCUT2D eigenvalue weighted by atomic mass is 10.0. The van der Waals surface area contributed by atoms with Crippen molar-refractivity contribution >= 4 is 5.91 Å². The molecule has 1 heterocycles. The van der Waals surface area contributed by atoms with E-state index in [4.69, 9.17) is 0 Å². The Labute approximate surface area is 121 Å². The van der Waals surface area contributed by atoms with Crippen molar-refractivity contribution < 1.29 is 4.79 Å². The van der Waals surface area contributed by atoms with Crippen LogP contribution in [0, 0.1) is 0 Å². The van der Waals surface area contributed by atoms with E-state index in [9.17, 15) is 4.79 Å². The summed E-state index contributed by atoms with van der Waals surface area (Å²) in [5.41, 5.74) is 1.13. The number of nitrogens with one attached hydrogen (secondary N) is 1. The molecule has 3 nitrogen and oxygen atoms in total. The van der Waals surface area contributed by atoms with Crippen molar-refractivity contribution in [3.05, 3.63) is 35.9 Å². The first-order valence-corrected chi connectivity index (χ1v) is 7.94. The average molecular weight is 272 g/mol. The quantitative estimate of drug-likeness (QED) is 0.914. The first kappa shape index (κ1) is 13.6. The highest BCUT2D eigenvalue weighted by atomic mass is 16.2. The molecule has 0 bridgehead atoms. The van der Waals surface area contributed by atoms with E-state index in [1.165, 1.54) is 25.7 Å². The van der Waals surface area contributed by atoms with Gasteiger partial charge >= 0.3 is 0 Å². The van der Waals surface area contributed by atoms with Gasteiger partial charge in [-0.15, -0.1) is 0 Å². The van der Waals surface area contributed by atoms with Gasteiger partial charge in [-0.1, -0.05) is 43.2 Å². The molecule has 2 fully saturated rings. The molecule has 1 N–H and O–H groups in total. The van der Waals surface area contributed by atoms with Crippen LogP contribution < -0.4 is 5.32 Å². The second-order valence-electron chi connectivity index (χ2n) is 6.05. The summed E-state index contributed by atoms with van der Waals surface area (Å²) in [6.07, 6.45) is 7.30. The Morgan fingerprint density at radius 2 is 1.70 bits per heavy atom. The summed E-state index contributed by atoms with van der Waals surface area (Å²) in [5.74, 6) is 0.195. The maximum atomic E-state index is 12.7. The third-order valence-electron chi connectivity index (χ3n) is 4.29. The van der Waals surface area contributed by atoms with Gasteiger partial charge in [0.2, 0.25) is 5.91 Å². The third kappa shape index (κ3) is 3.40. The number of carbonyl (C=O) groups is 1. The van der Waals surface area contributed by atoms with Gasteiger partial charge in [0.15, 0.2) is 0 Å². The van der Waals surface area contributed by atoms with Gasteiger partial charge in [-0.3, -0.25) is 9.69 Å². The first-order chi connectivity index (χ1) is 9.84. The summed E-state index contributed by atoms with van der Waals surface area (Å²) < 4.78 is 0. The highest BCUT2D eigenvalue weighted by Gasteiger charge is 2.32. The van der Waals surface area contributed by atoms with E-state index in [0.29, 0.717) is 6.04 Å². The normalized spacial score (nSPS) is 22.0. The van der Waals surface area contributed by atoms with Crippen LogP contribution in [0.5, 0.6) is 0 Å². The van der Waals surface area contributed by atoms with Gasteiger partial charge < -0.3 is 5.32 Å². The van der Waals surface area contributed by atoms with Crippen LogP contribution in [-0.4, -0.2) is 29.9 Å². The number of carbonyl (C=O) groups excluding carboxylic acids is 1. The van der Waals surface area contributed by atoms with Crippen LogP contribution >= 0.6 is 0 Å². The first-order valence-electron chi connectivity index (χ1n) is 7.94. The molecule has 1 aliphatic carbocycles. The maximum Gasteiger partial charge on any atom is 0.242 e. The molecule has 1 saturated heterocycles. The molecule has 1 aromatic carbocycles. The van der Waals surface area contributed by atoms with Gasteiger partial charge in [0.25, 0.3) is 0 Å². The molecule has 20 heavy (non-hydrogen) atoms. The van der Waals surface area contributed by atoms with Gasteiger partial charge in [-0.05, 0) is 44.3 Å². The molecular weight excluding hydrogens is 248 g/mol. The molecular formula is C17H24N2O. The summed E-state index contributed by atoms with van der Waals surface area (Å²) in [4.78, 5) is 15.0. The molecule has 3 rings (SSSR count). The van der Waals surface area contributed by atoms with Crippen LogP contribution in [0.3, 0.4) is 0 Å². The number of benzene rings is 1. The van der Waals surface area contributed by atoms with Crippen LogP contribution in [0.4, 0.5) is 0 Å². The number of nitrogens with zero attached hydrogens (tertiary/aromatic N) is 1. The standard InChI is InChI=1S/C17H24N2O/c20-17(18-15-10-11-15)16(14-8-4-3-5-9-14)19-12-6-1-2-7-13-19/h3-5,8-9,15-16H,1-2,6-7,10-13H2,(H,18,20)/t16-/m1/s1. The summed E-state index contributed by atoms with van der Waals surface area (Å²) in [6.45, 7) is 2.08. The Hall–Kier alpha value is -1.35. The van der Waals surface area contributed by atoms with Gasteiger partial charge in [0.05, 0.1) is 0 Å². The molecule has 0 spiro atoms. The topological polar surface area (TPSA) is 32.3 Å². The van der Waals surface area contributed by atoms with Crippen molar-refractivity contribution in [2.24, 2.45) is 0 Å². The highest BCUT2D eigenvalue weighted by molar-refractivity contribution is 5.83. The second-order valence-corrected chi connectivity index (χ2v) is 6.05. The zero-order chi connectivity index (χ0) is 13.8. The van der Waals surface area contributed by atoms with Crippen LogP contribution in [0.1, 0.15) is 50.1 Å². The van der Waals surface area contributed by atoms with Crippen molar-refractivity contribution in [2.75, 3.05) is 13.1 Å². The Bertz CT molecular complexity index is 434. The van der Waals surface area contributed by atoms with Crippen LogP contribution in [-0.2, 0) is 4.79 Å². The summed E-state index contributed by atoms with van der Waals surface area (Å²) in [6, 6.07) is 10.6. The fourth-order valence-corrected chi connectivity index (χ4v) is 3.02. The Balaban J connectivity index is 1.79. The lowest BCUT2D eigenvalue weighted by molar-refractivity contribution is -0.126. The van der Waals surface area contributed by atoms with Crippen molar-refractivity contribution in [2.45, 2.75) is 50.6 Å². The van der Waals surface area contributed by atoms with Gasteiger partial charge in [-0.2, -0.15) is 0 Å². The Morgan fingerprint density at radius 3 is 2.30 bits per heavy atom. The minimum absolute atomic E-state index is 0.102. The molecule has 108 valence electrons. The van der Waals surface area contributed by atoms with Gasteiger partial charge in [0.1, 0.15) is 6.04 Å². The molecule has 1 amide bonds. The molecule has 1 atom stereocenters. The van der Waals surface area contributed by atoms with Crippen molar-refractivity contribution in [3.8, 4) is 0 Å². The number of amides is 1. The van der Waals surface area contributed by atoms with E-state index in [1.807, 2.05) is 18.2 Å². The smallest absolute Gasteiger partial charge is 0.242 e. The van der Waals surface area contributed by atoms with E-state index in [2.05, 4.69) is 22.3 Å². The number of hydrogen-bond acceptors (Lipinski definition) is 2. The number of hydrogen-bond donors (Lipinski definition) is 1. The average Bonchev–Trinajstić information content (AvgIpc) is 3.28. The largest absolute Gasteiger partial charge is 0.352 e. The van der Waals surface area contributed by atoms with Gasteiger partial charge in [0, 0.05) is 6.04 Å². The monoisotopic (exact) mass is 272 g/mol. The maximum absolute atomic E-state index is 12.7. The molecule has 1 aromatic rings. The van der Waals surface area contributed by atoms with Crippen molar-refractivity contribution in [1.82, 2.24) is 10.2 Å². The van der Waals surface area contributed by atoms with Crippen LogP contribution in [0.2, 0.25) is 0 Å². The van der Waals surface area contributed by atoms with Crippen molar-refractivity contribution in [1.29, 1.82) is 0 Å². The summed E-state index contributed by atoms with van der Waals surface area (Å²) in [7, 11) is 0. The Morgan fingerprint density at radius 1 is 1.05 bits per heavy atom. The van der Waals surface area contributed by atoms with Gasteiger partial charge in [-0.25, -0.2) is 0 Å². The fourth-order valence-electron chi connectivity index (χ4n) is 3.02. The number of likely N-dealkylation sites (tertiary alicyclic amines) is 1. The summed E-state index contributed by atoms with van der Waals surface area (Å²) >= 11 is 0. The van der Waals surface area contributed by atoms with E-state index in [-0.39, 0.29) is 11.9 Å². The highest BCUT2D eigenvalue weighted by Crippen LogP contribution is 2.26. The van der Waals surface area contributed by atoms with E-state index in [1.54, 1.807) is 0 Å². The minimum atomic E-state index is -0.102. The number of rotatable bonds is 4. The molecule has 1 saturated carbocycles. The minimum Gasteiger partial charge on any atom is -0.352 e. The SMILES string of the molecule is O=C(NC1CC1)[C@@H](c1ccccc1)N1CCCCCC1. The predicted molar refractivity (Wildman–Crippen MR) is 80.4 cm³/mol. The lowest BCUT2D eigenvalue weighted by Gasteiger charge is -2.30. The molecule has 3 heteroatoms. The Kier molecular flexibility index (Phi) is 4.36. The van der Waals surface area contributed by atoms with E-state index >= 15 is 0 Å². The van der Waals surface area contributed by atoms with E-state index in [0.717, 1.165) is 31.5 Å². The second kappa shape index (κ2) is 6.40. The van der Waals surface area contributed by atoms with Crippen LogP contribution in [0.25, 0.3) is 0 Å². The van der Waals surface area contributed by atoms with Crippen LogP contribution in [0.15, 0.2) is 30.3 Å². The molecule has 0 aromatic heterocycles. The molecule has 0 unspecified atom stereocenters. The summed E-state index contributed by atoms with van der Waals surface area (Å²) in [5, 5.41) is 3.19. The third-order valence-corrected chi connectivity index (χ3v) is 4.29. The molecule has 2 aliphatic rings. The molecule has 0 radical (unpaired) electrons. The zero-order valence-electron chi connectivity index (χ0n) is 12.1. The fraction of sp³-hybridized carbons (Fsp3) is 0.588. The van der Waals surface area contributed by atoms with E-state index < -0.39 is 0 Å². The predicted octanol–water partition coefficient (Wildman–Crippen LogP) is 2.88. The zero-order valence-corrected chi connectivity index (χ0v) is 12.1.